The number of non-ortho nitro benzene ring substituents is 1. The molecule has 1 aromatic carbocycles. The van der Waals surface area contributed by atoms with Crippen LogP contribution in [0.2, 0.25) is 0 Å². The molecule has 0 amide bonds. The summed E-state index contributed by atoms with van der Waals surface area (Å²) in [6.07, 6.45) is 2.91. The Morgan fingerprint density at radius 1 is 1.15 bits per heavy atom. The minimum Gasteiger partial charge on any atom is -0.368 e. The largest absolute Gasteiger partial charge is 0.368 e. The molecule has 0 spiro atoms. The zero-order valence-corrected chi connectivity index (χ0v) is 15.0. The van der Waals surface area contributed by atoms with Crippen molar-refractivity contribution in [3.8, 4) is 0 Å². The standard InChI is InChI=1S/C16H19N5O4S/c1-17-26(24,25)16-12-18-6-5-15(16)20-9-7-19(8-10-20)13-3-2-4-14(11-13)21(22)23/h2-6,11-12,17H,7-10H2,1H3. The number of nitrogens with zero attached hydrogens (tertiary/aromatic N) is 4. The number of hydrogen-bond acceptors (Lipinski definition) is 7. The summed E-state index contributed by atoms with van der Waals surface area (Å²) in [5, 5.41) is 10.9. The van der Waals surface area contributed by atoms with E-state index in [9.17, 15) is 18.5 Å². The van der Waals surface area contributed by atoms with Crippen LogP contribution < -0.4 is 14.5 Å². The number of aromatic nitrogens is 1. The number of benzene rings is 1. The van der Waals surface area contributed by atoms with Crippen molar-refractivity contribution in [2.75, 3.05) is 43.0 Å². The Labute approximate surface area is 151 Å². The van der Waals surface area contributed by atoms with E-state index in [4.69, 9.17) is 0 Å². The van der Waals surface area contributed by atoms with Gasteiger partial charge in [-0.15, -0.1) is 0 Å². The van der Waals surface area contributed by atoms with Crippen molar-refractivity contribution in [2.45, 2.75) is 4.90 Å². The quantitative estimate of drug-likeness (QED) is 0.616. The molecule has 0 aliphatic carbocycles. The number of nitrogens with one attached hydrogen (secondary N) is 1. The fourth-order valence-electron chi connectivity index (χ4n) is 2.96. The molecule has 0 saturated carbocycles. The zero-order valence-electron chi connectivity index (χ0n) is 14.2. The van der Waals surface area contributed by atoms with E-state index in [0.29, 0.717) is 31.9 Å². The molecule has 1 aliphatic heterocycles. The van der Waals surface area contributed by atoms with Crippen LogP contribution in [0.25, 0.3) is 0 Å². The average Bonchev–Trinajstić information content (AvgIpc) is 2.68. The first-order valence-electron chi connectivity index (χ1n) is 8.04. The molecule has 0 bridgehead atoms. The van der Waals surface area contributed by atoms with Gasteiger partial charge in [-0.05, 0) is 19.2 Å². The Morgan fingerprint density at radius 2 is 1.85 bits per heavy atom. The summed E-state index contributed by atoms with van der Waals surface area (Å²) in [5.74, 6) is 0. The summed E-state index contributed by atoms with van der Waals surface area (Å²) >= 11 is 0. The molecule has 9 nitrogen and oxygen atoms in total. The molecule has 0 unspecified atom stereocenters. The predicted octanol–water partition coefficient (Wildman–Crippen LogP) is 1.22. The average molecular weight is 377 g/mol. The van der Waals surface area contributed by atoms with Crippen molar-refractivity contribution in [2.24, 2.45) is 0 Å². The number of pyridine rings is 1. The fourth-order valence-corrected chi connectivity index (χ4v) is 3.85. The molecule has 0 radical (unpaired) electrons. The molecule has 0 atom stereocenters. The zero-order chi connectivity index (χ0) is 18.7. The lowest BCUT2D eigenvalue weighted by molar-refractivity contribution is -0.384. The molecule has 2 heterocycles. The molecule has 1 aromatic heterocycles. The first-order valence-corrected chi connectivity index (χ1v) is 9.52. The Kier molecular flexibility index (Phi) is 5.05. The van der Waals surface area contributed by atoms with Gasteiger partial charge in [-0.1, -0.05) is 6.07 Å². The monoisotopic (exact) mass is 377 g/mol. The highest BCUT2D eigenvalue weighted by Crippen LogP contribution is 2.27. The molecule has 3 rings (SSSR count). The molecule has 2 aromatic rings. The van der Waals surface area contributed by atoms with Gasteiger partial charge in [0.25, 0.3) is 5.69 Å². The van der Waals surface area contributed by atoms with E-state index in [-0.39, 0.29) is 10.6 Å². The van der Waals surface area contributed by atoms with Crippen molar-refractivity contribution in [3.05, 3.63) is 52.8 Å². The molecule has 1 fully saturated rings. The van der Waals surface area contributed by atoms with Gasteiger partial charge in [-0.25, -0.2) is 13.1 Å². The van der Waals surface area contributed by atoms with E-state index in [2.05, 4.69) is 14.6 Å². The van der Waals surface area contributed by atoms with Gasteiger partial charge in [0.1, 0.15) is 4.90 Å². The van der Waals surface area contributed by atoms with Crippen molar-refractivity contribution in [1.29, 1.82) is 0 Å². The lowest BCUT2D eigenvalue weighted by Crippen LogP contribution is -2.47. The van der Waals surface area contributed by atoms with Crippen LogP contribution in [0.3, 0.4) is 0 Å². The maximum Gasteiger partial charge on any atom is 0.271 e. The molecule has 1 N–H and O–H groups in total. The summed E-state index contributed by atoms with van der Waals surface area (Å²) in [7, 11) is -2.23. The van der Waals surface area contributed by atoms with Crippen LogP contribution in [-0.2, 0) is 10.0 Å². The van der Waals surface area contributed by atoms with E-state index in [1.54, 1.807) is 24.4 Å². The van der Waals surface area contributed by atoms with Gasteiger partial charge in [-0.2, -0.15) is 0 Å². The lowest BCUT2D eigenvalue weighted by atomic mass is 10.2. The van der Waals surface area contributed by atoms with E-state index in [1.807, 2.05) is 11.0 Å². The Bertz CT molecular complexity index is 910. The maximum atomic E-state index is 12.2. The van der Waals surface area contributed by atoms with Crippen LogP contribution in [0, 0.1) is 10.1 Å². The summed E-state index contributed by atoms with van der Waals surface area (Å²) < 4.78 is 26.7. The highest BCUT2D eigenvalue weighted by atomic mass is 32.2. The van der Waals surface area contributed by atoms with Crippen molar-refractivity contribution >= 4 is 27.1 Å². The Balaban J connectivity index is 1.78. The molecular weight excluding hydrogens is 358 g/mol. The SMILES string of the molecule is CNS(=O)(=O)c1cnccc1N1CCN(c2cccc([N+](=O)[O-])c2)CC1. The number of piperazine rings is 1. The minimum absolute atomic E-state index is 0.0569. The van der Waals surface area contributed by atoms with E-state index >= 15 is 0 Å². The van der Waals surface area contributed by atoms with Crippen molar-refractivity contribution < 1.29 is 13.3 Å². The second-order valence-electron chi connectivity index (χ2n) is 5.80. The third-order valence-corrected chi connectivity index (χ3v) is 5.78. The third-order valence-electron chi connectivity index (χ3n) is 4.35. The van der Waals surface area contributed by atoms with Crippen LogP contribution >= 0.6 is 0 Å². The van der Waals surface area contributed by atoms with Gasteiger partial charge >= 0.3 is 0 Å². The van der Waals surface area contributed by atoms with Crippen LogP contribution in [0.5, 0.6) is 0 Å². The molecular formula is C16H19N5O4S. The number of nitro benzene ring substituents is 1. The van der Waals surface area contributed by atoms with Gasteiger partial charge in [-0.3, -0.25) is 15.1 Å². The smallest absolute Gasteiger partial charge is 0.271 e. The first kappa shape index (κ1) is 18.1. The molecule has 138 valence electrons. The van der Waals surface area contributed by atoms with Gasteiger partial charge in [0.05, 0.1) is 10.6 Å². The number of hydrogen-bond donors (Lipinski definition) is 1. The summed E-state index contributed by atoms with van der Waals surface area (Å²) in [4.78, 5) is 18.6. The third kappa shape index (κ3) is 3.60. The van der Waals surface area contributed by atoms with Gasteiger partial charge in [0.2, 0.25) is 10.0 Å². The highest BCUT2D eigenvalue weighted by molar-refractivity contribution is 7.89. The predicted molar refractivity (Wildman–Crippen MR) is 98.0 cm³/mol. The summed E-state index contributed by atoms with van der Waals surface area (Å²) in [5.41, 5.74) is 1.45. The van der Waals surface area contributed by atoms with Gasteiger partial charge < -0.3 is 9.80 Å². The normalized spacial score (nSPS) is 15.1. The number of rotatable bonds is 5. The van der Waals surface area contributed by atoms with Crippen molar-refractivity contribution in [1.82, 2.24) is 9.71 Å². The maximum absolute atomic E-state index is 12.2. The minimum atomic E-state index is -3.60. The number of anilines is 2. The number of sulfonamides is 1. The number of nitro groups is 1. The van der Waals surface area contributed by atoms with E-state index in [1.165, 1.54) is 19.3 Å². The second-order valence-corrected chi connectivity index (χ2v) is 7.66. The summed E-state index contributed by atoms with van der Waals surface area (Å²) in [6.45, 7) is 2.45. The topological polar surface area (TPSA) is 109 Å². The Morgan fingerprint density at radius 3 is 2.50 bits per heavy atom. The second kappa shape index (κ2) is 7.26. The van der Waals surface area contributed by atoms with E-state index in [0.717, 1.165) is 5.69 Å². The molecule has 10 heteroatoms. The van der Waals surface area contributed by atoms with Crippen LogP contribution in [0.4, 0.5) is 17.1 Å². The molecule has 1 saturated heterocycles. The lowest BCUT2D eigenvalue weighted by Gasteiger charge is -2.37. The van der Waals surface area contributed by atoms with Crippen molar-refractivity contribution in [3.63, 3.8) is 0 Å². The summed E-state index contributed by atoms with van der Waals surface area (Å²) in [6, 6.07) is 8.21. The molecule has 26 heavy (non-hydrogen) atoms. The van der Waals surface area contributed by atoms with E-state index < -0.39 is 14.9 Å². The first-order chi connectivity index (χ1) is 12.4. The molecule has 1 aliphatic rings. The Hall–Kier alpha value is -2.72. The van der Waals surface area contributed by atoms with Crippen LogP contribution in [0.1, 0.15) is 0 Å². The van der Waals surface area contributed by atoms with Crippen LogP contribution in [-0.4, -0.2) is 51.6 Å². The van der Waals surface area contributed by atoms with Crippen LogP contribution in [0.15, 0.2) is 47.6 Å². The van der Waals surface area contributed by atoms with Gasteiger partial charge in [0, 0.05) is 56.4 Å². The van der Waals surface area contributed by atoms with Gasteiger partial charge in [0.15, 0.2) is 0 Å². The fraction of sp³-hybridized carbons (Fsp3) is 0.312. The highest BCUT2D eigenvalue weighted by Gasteiger charge is 2.24.